The van der Waals surface area contributed by atoms with E-state index in [1.54, 1.807) is 0 Å². The third kappa shape index (κ3) is 7.84. The zero-order valence-electron chi connectivity index (χ0n) is 17.0. The second-order valence-electron chi connectivity index (χ2n) is 7.52. The van der Waals surface area contributed by atoms with E-state index in [0.29, 0.717) is 18.8 Å². The summed E-state index contributed by atoms with van der Waals surface area (Å²) in [5.74, 6) is -3.58. The summed E-state index contributed by atoms with van der Waals surface area (Å²) in [6, 6.07) is 7.67. The average molecular weight is 459 g/mol. The maximum absolute atomic E-state index is 11.8. The summed E-state index contributed by atoms with van der Waals surface area (Å²) in [6.07, 6.45) is -2.31. The van der Waals surface area contributed by atoms with Crippen molar-refractivity contribution in [1.29, 1.82) is 0 Å². The highest BCUT2D eigenvalue weighted by Crippen LogP contribution is 2.29. The highest BCUT2D eigenvalue weighted by atomic mass is 19.4. The number of aliphatic carboxylic acids is 2. The lowest BCUT2D eigenvalue weighted by atomic mass is 9.89. The third-order valence-corrected chi connectivity index (χ3v) is 5.15. The van der Waals surface area contributed by atoms with Gasteiger partial charge in [-0.2, -0.15) is 13.2 Å². The van der Waals surface area contributed by atoms with Crippen LogP contribution in [0, 0.1) is 0 Å². The summed E-state index contributed by atoms with van der Waals surface area (Å²) in [4.78, 5) is 44.6. The Bertz CT molecular complexity index is 836. The average Bonchev–Trinajstić information content (AvgIpc) is 2.71. The molecule has 1 aromatic rings. The smallest absolute Gasteiger partial charge is 0.480 e. The zero-order chi connectivity index (χ0) is 23.9. The number of piperidine rings is 2. The number of rotatable bonds is 5. The lowest BCUT2D eigenvalue weighted by Crippen LogP contribution is -2.47. The molecular weight excluding hydrogens is 435 g/mol. The van der Waals surface area contributed by atoms with Gasteiger partial charge in [0, 0.05) is 12.1 Å². The van der Waals surface area contributed by atoms with Gasteiger partial charge in [0.2, 0.25) is 11.8 Å². The number of carboxylic acids is 2. The lowest BCUT2D eigenvalue weighted by Gasteiger charge is -2.31. The Morgan fingerprint density at radius 3 is 2.09 bits per heavy atom. The van der Waals surface area contributed by atoms with Gasteiger partial charge in [-0.15, -0.1) is 0 Å². The Labute approximate surface area is 181 Å². The number of nitrogens with one attached hydrogen (secondary N) is 2. The monoisotopic (exact) mass is 459 g/mol. The first-order valence-corrected chi connectivity index (χ1v) is 9.90. The normalized spacial score (nSPS) is 20.0. The van der Waals surface area contributed by atoms with Gasteiger partial charge in [0.05, 0.1) is 6.54 Å². The van der Waals surface area contributed by atoms with Crippen LogP contribution in [0.5, 0.6) is 0 Å². The molecule has 32 heavy (non-hydrogen) atoms. The van der Waals surface area contributed by atoms with Crippen molar-refractivity contribution in [2.45, 2.75) is 43.8 Å². The van der Waals surface area contributed by atoms with E-state index in [1.165, 1.54) is 5.56 Å². The SMILES string of the molecule is O=C(O)C(F)(F)F.O=C(O)CN1CCC(c2ccc(NC3CCC(=O)NC3=O)cc2)CC1. The highest BCUT2D eigenvalue weighted by Gasteiger charge is 2.38. The Balaban J connectivity index is 0.000000451. The molecule has 2 saturated heterocycles. The molecule has 0 spiro atoms. The van der Waals surface area contributed by atoms with Crippen LogP contribution < -0.4 is 10.6 Å². The molecule has 2 aliphatic rings. The lowest BCUT2D eigenvalue weighted by molar-refractivity contribution is -0.192. The van der Waals surface area contributed by atoms with E-state index in [0.717, 1.165) is 31.6 Å². The predicted octanol–water partition coefficient (Wildman–Crippen LogP) is 1.80. The number of likely N-dealkylation sites (tertiary alicyclic amines) is 1. The van der Waals surface area contributed by atoms with Gasteiger partial charge in [-0.1, -0.05) is 12.1 Å². The summed E-state index contributed by atoms with van der Waals surface area (Å²) < 4.78 is 31.7. The molecule has 9 nitrogen and oxygen atoms in total. The second-order valence-corrected chi connectivity index (χ2v) is 7.52. The van der Waals surface area contributed by atoms with Crippen molar-refractivity contribution < 1.29 is 42.6 Å². The van der Waals surface area contributed by atoms with Crippen molar-refractivity contribution >= 4 is 29.4 Å². The number of halogens is 3. The molecule has 2 fully saturated rings. The van der Waals surface area contributed by atoms with E-state index in [4.69, 9.17) is 15.0 Å². The number of imide groups is 1. The van der Waals surface area contributed by atoms with Crippen molar-refractivity contribution in [1.82, 2.24) is 10.2 Å². The summed E-state index contributed by atoms with van der Waals surface area (Å²) in [7, 11) is 0. The number of carbonyl (C=O) groups is 4. The quantitative estimate of drug-likeness (QED) is 0.490. The number of amides is 2. The van der Waals surface area contributed by atoms with Gasteiger partial charge in [-0.25, -0.2) is 4.79 Å². The van der Waals surface area contributed by atoms with Crippen molar-refractivity contribution in [2.24, 2.45) is 0 Å². The van der Waals surface area contributed by atoms with Crippen LogP contribution >= 0.6 is 0 Å². The number of benzene rings is 1. The van der Waals surface area contributed by atoms with E-state index in [2.05, 4.69) is 22.8 Å². The van der Waals surface area contributed by atoms with E-state index < -0.39 is 18.1 Å². The van der Waals surface area contributed by atoms with Crippen LogP contribution in [0.15, 0.2) is 24.3 Å². The first kappa shape index (κ1) is 25.1. The molecule has 0 aromatic heterocycles. The number of nitrogens with zero attached hydrogens (tertiary/aromatic N) is 1. The fourth-order valence-corrected chi connectivity index (χ4v) is 3.50. The van der Waals surface area contributed by atoms with Crippen LogP contribution in [0.4, 0.5) is 18.9 Å². The molecule has 176 valence electrons. The van der Waals surface area contributed by atoms with Gasteiger partial charge in [0.15, 0.2) is 0 Å². The van der Waals surface area contributed by atoms with Crippen molar-refractivity contribution in [3.8, 4) is 0 Å². The van der Waals surface area contributed by atoms with Crippen LogP contribution in [0.1, 0.15) is 37.2 Å². The number of anilines is 1. The molecule has 0 bridgehead atoms. The molecule has 1 aromatic carbocycles. The Hall–Kier alpha value is -3.15. The van der Waals surface area contributed by atoms with Crippen LogP contribution in [-0.2, 0) is 19.2 Å². The predicted molar refractivity (Wildman–Crippen MR) is 106 cm³/mol. The molecule has 2 aliphatic heterocycles. The highest BCUT2D eigenvalue weighted by molar-refractivity contribution is 6.01. The van der Waals surface area contributed by atoms with Gasteiger partial charge < -0.3 is 15.5 Å². The third-order valence-electron chi connectivity index (χ3n) is 5.15. The van der Waals surface area contributed by atoms with Gasteiger partial charge in [0.1, 0.15) is 6.04 Å². The summed E-state index contributed by atoms with van der Waals surface area (Å²) in [6.45, 7) is 1.71. The first-order chi connectivity index (χ1) is 15.0. The zero-order valence-corrected chi connectivity index (χ0v) is 17.0. The minimum atomic E-state index is -5.08. The number of carboxylic acid groups (broad SMARTS) is 2. The number of hydrogen-bond donors (Lipinski definition) is 4. The number of carbonyl (C=O) groups excluding carboxylic acids is 2. The maximum atomic E-state index is 11.8. The minimum absolute atomic E-state index is 0.113. The van der Waals surface area contributed by atoms with Gasteiger partial charge >= 0.3 is 18.1 Å². The summed E-state index contributed by atoms with van der Waals surface area (Å²) in [5.41, 5.74) is 2.10. The molecule has 12 heteroatoms. The van der Waals surface area contributed by atoms with Gasteiger partial charge in [0.25, 0.3) is 0 Å². The Morgan fingerprint density at radius 2 is 1.62 bits per heavy atom. The minimum Gasteiger partial charge on any atom is -0.480 e. The van der Waals surface area contributed by atoms with E-state index >= 15 is 0 Å². The molecule has 1 unspecified atom stereocenters. The molecule has 2 heterocycles. The molecule has 4 N–H and O–H groups in total. The Kier molecular flexibility index (Phi) is 8.58. The molecule has 2 amide bonds. The summed E-state index contributed by atoms with van der Waals surface area (Å²) in [5, 5.41) is 21.5. The van der Waals surface area contributed by atoms with E-state index in [1.807, 2.05) is 17.0 Å². The van der Waals surface area contributed by atoms with Crippen molar-refractivity contribution in [3.05, 3.63) is 29.8 Å². The van der Waals surface area contributed by atoms with Crippen LogP contribution in [0.2, 0.25) is 0 Å². The topological polar surface area (TPSA) is 136 Å². The number of hydrogen-bond acceptors (Lipinski definition) is 6. The molecule has 1 atom stereocenters. The second kappa shape index (κ2) is 10.9. The van der Waals surface area contributed by atoms with Crippen LogP contribution in [0.25, 0.3) is 0 Å². The number of alkyl halides is 3. The van der Waals surface area contributed by atoms with E-state index in [9.17, 15) is 27.6 Å². The van der Waals surface area contributed by atoms with Gasteiger partial charge in [-0.3, -0.25) is 24.6 Å². The Morgan fingerprint density at radius 1 is 1.06 bits per heavy atom. The molecule has 0 saturated carbocycles. The molecule has 0 aliphatic carbocycles. The fourth-order valence-electron chi connectivity index (χ4n) is 3.50. The fraction of sp³-hybridized carbons (Fsp3) is 0.500. The molecule has 3 rings (SSSR count). The first-order valence-electron chi connectivity index (χ1n) is 9.90. The standard InChI is InChI=1S/C18H23N3O4.C2HF3O2/c22-16-6-5-15(18(25)20-16)19-14-3-1-12(2-4-14)13-7-9-21(10-8-13)11-17(23)24;3-2(4,5)1(6)7/h1-4,13,15,19H,5-11H2,(H,23,24)(H,20,22,25);(H,6,7). The van der Waals surface area contributed by atoms with Gasteiger partial charge in [-0.05, 0) is 56.0 Å². The van der Waals surface area contributed by atoms with Crippen LogP contribution in [0.3, 0.4) is 0 Å². The van der Waals surface area contributed by atoms with E-state index in [-0.39, 0.29) is 24.4 Å². The largest absolute Gasteiger partial charge is 0.490 e. The summed E-state index contributed by atoms with van der Waals surface area (Å²) >= 11 is 0. The molecule has 0 radical (unpaired) electrons. The molecular formula is C20H24F3N3O6. The van der Waals surface area contributed by atoms with Crippen molar-refractivity contribution in [3.63, 3.8) is 0 Å². The maximum Gasteiger partial charge on any atom is 0.490 e. The van der Waals surface area contributed by atoms with Crippen LogP contribution in [-0.4, -0.2) is 70.7 Å². The van der Waals surface area contributed by atoms with Crippen molar-refractivity contribution in [2.75, 3.05) is 25.0 Å².